The van der Waals surface area contributed by atoms with Gasteiger partial charge < -0.3 is 9.84 Å². The van der Waals surface area contributed by atoms with Crippen LogP contribution in [0, 0.1) is 0 Å². The van der Waals surface area contributed by atoms with E-state index in [2.05, 4.69) is 10.0 Å². The first-order valence-electron chi connectivity index (χ1n) is 3.75. The van der Waals surface area contributed by atoms with E-state index < -0.39 is 18.2 Å². The highest BCUT2D eigenvalue weighted by Gasteiger charge is 2.29. The first kappa shape index (κ1) is 9.57. The molecule has 13 heavy (non-hydrogen) atoms. The van der Waals surface area contributed by atoms with Crippen molar-refractivity contribution in [1.29, 1.82) is 0 Å². The lowest BCUT2D eigenvalue weighted by Gasteiger charge is -2.28. The van der Waals surface area contributed by atoms with Gasteiger partial charge in [0.05, 0.1) is 6.10 Å². The summed E-state index contributed by atoms with van der Waals surface area (Å²) in [4.78, 5) is 12.9. The van der Waals surface area contributed by atoms with Gasteiger partial charge in [-0.1, -0.05) is 5.11 Å². The maximum absolute atomic E-state index is 10.3. The second-order valence-corrected chi connectivity index (χ2v) is 2.70. The van der Waals surface area contributed by atoms with Crippen molar-refractivity contribution in [2.24, 2.45) is 5.11 Å². The summed E-state index contributed by atoms with van der Waals surface area (Å²) < 4.78 is 5.04. The molecule has 0 radical (unpaired) electrons. The Morgan fingerprint density at radius 3 is 3.00 bits per heavy atom. The zero-order chi connectivity index (χ0) is 9.84. The van der Waals surface area contributed by atoms with Crippen molar-refractivity contribution < 1.29 is 14.6 Å². The van der Waals surface area contributed by atoms with Crippen molar-refractivity contribution in [1.82, 2.24) is 0 Å². The Balaban J connectivity index is 2.86. The van der Waals surface area contributed by atoms with Gasteiger partial charge in [-0.15, -0.1) is 0 Å². The summed E-state index contributed by atoms with van der Waals surface area (Å²) in [5, 5.41) is 12.8. The third kappa shape index (κ3) is 1.99. The minimum Gasteiger partial charge on any atom is -0.487 e. The molecule has 0 aromatic rings. The zero-order valence-electron chi connectivity index (χ0n) is 6.99. The van der Waals surface area contributed by atoms with Gasteiger partial charge in [-0.25, -0.2) is 0 Å². The number of carbonyl (C=O) groups is 1. The molecule has 70 valence electrons. The van der Waals surface area contributed by atoms with E-state index in [9.17, 15) is 9.90 Å². The number of hydrogen-bond donors (Lipinski definition) is 1. The normalized spacial score (nSPS) is 32.5. The number of allylic oxidation sites excluding steroid dienone is 1. The van der Waals surface area contributed by atoms with Crippen LogP contribution in [0.25, 0.3) is 10.4 Å². The van der Waals surface area contributed by atoms with Gasteiger partial charge >= 0.3 is 0 Å². The van der Waals surface area contributed by atoms with Crippen molar-refractivity contribution >= 4 is 6.29 Å². The van der Waals surface area contributed by atoms with Crippen molar-refractivity contribution in [3.63, 3.8) is 0 Å². The van der Waals surface area contributed by atoms with Crippen LogP contribution in [0.2, 0.25) is 0 Å². The lowest BCUT2D eigenvalue weighted by molar-refractivity contribution is -0.110. The number of ether oxygens (including phenoxy) is 1. The van der Waals surface area contributed by atoms with Crippen LogP contribution in [-0.2, 0) is 9.53 Å². The number of nitrogens with zero attached hydrogens (tertiary/aromatic N) is 3. The summed E-state index contributed by atoms with van der Waals surface area (Å²) in [6, 6.07) is -0.673. The van der Waals surface area contributed by atoms with E-state index in [0.29, 0.717) is 6.29 Å². The molecule has 1 aliphatic rings. The number of aldehydes is 1. The Labute approximate surface area is 74.4 Å². The lowest BCUT2D eigenvalue weighted by Crippen LogP contribution is -2.38. The Bertz CT molecular complexity index is 283. The molecular formula is C7H9N3O3. The summed E-state index contributed by atoms with van der Waals surface area (Å²) in [6.45, 7) is 1.62. The number of carbonyl (C=O) groups excluding carboxylic acids is 1. The number of aliphatic hydroxyl groups excluding tert-OH is 1. The third-order valence-corrected chi connectivity index (χ3v) is 1.79. The molecular weight excluding hydrogens is 174 g/mol. The third-order valence-electron chi connectivity index (χ3n) is 1.79. The molecule has 1 heterocycles. The van der Waals surface area contributed by atoms with Crippen LogP contribution >= 0.6 is 0 Å². The van der Waals surface area contributed by atoms with Gasteiger partial charge in [0.1, 0.15) is 12.1 Å². The Kier molecular flexibility index (Phi) is 2.89. The van der Waals surface area contributed by atoms with Crippen molar-refractivity contribution in [3.05, 3.63) is 22.3 Å². The van der Waals surface area contributed by atoms with Crippen molar-refractivity contribution in [2.45, 2.75) is 25.2 Å². The maximum atomic E-state index is 10.3. The molecule has 6 heteroatoms. The fourth-order valence-corrected chi connectivity index (χ4v) is 1.16. The molecule has 3 atom stereocenters. The van der Waals surface area contributed by atoms with E-state index in [1.54, 1.807) is 6.92 Å². The topological polar surface area (TPSA) is 95.3 Å². The molecule has 0 saturated heterocycles. The maximum Gasteiger partial charge on any atom is 0.184 e. The van der Waals surface area contributed by atoms with Gasteiger partial charge in [0.15, 0.2) is 12.0 Å². The van der Waals surface area contributed by atoms with E-state index >= 15 is 0 Å². The number of azide groups is 1. The smallest absolute Gasteiger partial charge is 0.184 e. The first-order chi connectivity index (χ1) is 6.19. The first-order valence-corrected chi connectivity index (χ1v) is 3.75. The predicted molar refractivity (Wildman–Crippen MR) is 43.6 cm³/mol. The monoisotopic (exact) mass is 183 g/mol. The van der Waals surface area contributed by atoms with Gasteiger partial charge in [0.2, 0.25) is 0 Å². The van der Waals surface area contributed by atoms with Crippen LogP contribution in [0.4, 0.5) is 0 Å². The molecule has 0 bridgehead atoms. The van der Waals surface area contributed by atoms with Crippen LogP contribution in [0.3, 0.4) is 0 Å². The molecule has 1 aliphatic heterocycles. The highest BCUT2D eigenvalue weighted by atomic mass is 16.5. The minimum atomic E-state index is -0.958. The summed E-state index contributed by atoms with van der Waals surface area (Å²) in [5.41, 5.74) is 8.18. The molecule has 0 aromatic heterocycles. The molecule has 0 fully saturated rings. The van der Waals surface area contributed by atoms with Crippen LogP contribution in [0.15, 0.2) is 16.9 Å². The van der Waals surface area contributed by atoms with Gasteiger partial charge in [0.25, 0.3) is 0 Å². The Hall–Kier alpha value is -1.52. The van der Waals surface area contributed by atoms with E-state index in [1.807, 2.05) is 0 Å². The summed E-state index contributed by atoms with van der Waals surface area (Å²) >= 11 is 0. The lowest BCUT2D eigenvalue weighted by atomic mass is 10.0. The molecule has 0 aromatic carbocycles. The standard InChI is InChI=1S/C7H9N3O3/c1-4-7(9-10-8)6(12)2-5(3-11)13-4/h2-4,6-7,12H,1H3/t4-,6+,7?/m1/s1. The van der Waals surface area contributed by atoms with E-state index in [4.69, 9.17) is 10.3 Å². The fraction of sp³-hybridized carbons (Fsp3) is 0.571. The van der Waals surface area contributed by atoms with Crippen LogP contribution in [-0.4, -0.2) is 29.6 Å². The molecule has 1 N–H and O–H groups in total. The van der Waals surface area contributed by atoms with Crippen LogP contribution in [0.1, 0.15) is 6.92 Å². The molecule has 0 spiro atoms. The Morgan fingerprint density at radius 2 is 2.54 bits per heavy atom. The molecule has 0 saturated carbocycles. The molecule has 0 aliphatic carbocycles. The zero-order valence-corrected chi connectivity index (χ0v) is 6.99. The molecule has 1 rings (SSSR count). The van der Waals surface area contributed by atoms with Crippen molar-refractivity contribution in [2.75, 3.05) is 0 Å². The molecule has 6 nitrogen and oxygen atoms in total. The second kappa shape index (κ2) is 3.93. The van der Waals surface area contributed by atoms with Gasteiger partial charge in [-0.05, 0) is 18.5 Å². The summed E-state index contributed by atoms with van der Waals surface area (Å²) in [5.74, 6) is 0.0735. The Morgan fingerprint density at radius 1 is 1.85 bits per heavy atom. The quantitative estimate of drug-likeness (QED) is 0.292. The highest BCUT2D eigenvalue weighted by molar-refractivity contribution is 5.70. The van der Waals surface area contributed by atoms with Crippen LogP contribution in [0.5, 0.6) is 0 Å². The van der Waals surface area contributed by atoms with E-state index in [-0.39, 0.29) is 5.76 Å². The minimum absolute atomic E-state index is 0.0735. The van der Waals surface area contributed by atoms with Gasteiger partial charge in [-0.2, -0.15) is 0 Å². The summed E-state index contributed by atoms with van der Waals surface area (Å²) in [7, 11) is 0. The van der Waals surface area contributed by atoms with E-state index in [0.717, 1.165) is 0 Å². The van der Waals surface area contributed by atoms with Crippen molar-refractivity contribution in [3.8, 4) is 0 Å². The molecule has 0 amide bonds. The average molecular weight is 183 g/mol. The number of rotatable bonds is 2. The number of hydrogen-bond acceptors (Lipinski definition) is 4. The average Bonchev–Trinajstić information content (AvgIpc) is 2.11. The summed E-state index contributed by atoms with van der Waals surface area (Å²) in [6.07, 6.45) is 0.286. The van der Waals surface area contributed by atoms with E-state index in [1.165, 1.54) is 6.08 Å². The highest BCUT2D eigenvalue weighted by Crippen LogP contribution is 2.19. The number of aliphatic hydroxyl groups is 1. The largest absolute Gasteiger partial charge is 0.487 e. The molecule has 1 unspecified atom stereocenters. The van der Waals surface area contributed by atoms with Crippen LogP contribution < -0.4 is 0 Å². The van der Waals surface area contributed by atoms with Gasteiger partial charge in [0, 0.05) is 4.91 Å². The van der Waals surface area contributed by atoms with Gasteiger partial charge in [-0.3, -0.25) is 4.79 Å². The SMILES string of the molecule is C[C@H]1OC(C=O)=C[C@H](O)C1N=[N+]=[N-]. The second-order valence-electron chi connectivity index (χ2n) is 2.70. The predicted octanol–water partition coefficient (Wildman–Crippen LogP) is 0.528. The fourth-order valence-electron chi connectivity index (χ4n) is 1.16.